The summed E-state index contributed by atoms with van der Waals surface area (Å²) in [6, 6.07) is 11.7. The van der Waals surface area contributed by atoms with Crippen molar-refractivity contribution in [3.63, 3.8) is 0 Å². The largest absolute Gasteiger partial charge is 0.449 e. The quantitative estimate of drug-likeness (QED) is 0.313. The zero-order chi connectivity index (χ0) is 15.7. The lowest BCUT2D eigenvalue weighted by Gasteiger charge is -2.01. The Bertz CT molecular complexity index is 869. The number of hydrogen-bond donors (Lipinski definition) is 0. The first-order valence-electron chi connectivity index (χ1n) is 6.19. The molecule has 0 fully saturated rings. The standard InChI is InChI=1S/C15H8ClNO5/c16-10-1-6-13-9(7-10)8-14(22-13)15(18)21-12-4-2-11(3-5-12)17(19)20/h1-8H. The van der Waals surface area contributed by atoms with Crippen LogP contribution in [-0.2, 0) is 0 Å². The molecule has 0 N–H and O–H groups in total. The number of furan rings is 1. The van der Waals surface area contributed by atoms with Gasteiger partial charge in [-0.25, -0.2) is 4.79 Å². The van der Waals surface area contributed by atoms with Crippen molar-refractivity contribution in [1.82, 2.24) is 0 Å². The fourth-order valence-corrected chi connectivity index (χ4v) is 2.09. The van der Waals surface area contributed by atoms with Gasteiger partial charge in [-0.3, -0.25) is 10.1 Å². The molecule has 0 bridgehead atoms. The van der Waals surface area contributed by atoms with E-state index < -0.39 is 10.9 Å². The predicted molar refractivity (Wildman–Crippen MR) is 79.3 cm³/mol. The van der Waals surface area contributed by atoms with Gasteiger partial charge in [0.1, 0.15) is 11.3 Å². The molecule has 0 aliphatic heterocycles. The highest BCUT2D eigenvalue weighted by atomic mass is 35.5. The molecule has 0 aliphatic rings. The number of fused-ring (bicyclic) bond motifs is 1. The third kappa shape index (κ3) is 2.77. The van der Waals surface area contributed by atoms with E-state index in [0.29, 0.717) is 16.0 Å². The number of hydrogen-bond acceptors (Lipinski definition) is 5. The van der Waals surface area contributed by atoms with Crippen molar-refractivity contribution >= 4 is 34.2 Å². The molecule has 7 heteroatoms. The lowest BCUT2D eigenvalue weighted by Crippen LogP contribution is -2.07. The molecule has 0 aliphatic carbocycles. The number of non-ortho nitro benzene ring substituents is 1. The molecule has 0 saturated heterocycles. The summed E-state index contributed by atoms with van der Waals surface area (Å²) in [6.07, 6.45) is 0. The van der Waals surface area contributed by atoms with Crippen molar-refractivity contribution in [2.75, 3.05) is 0 Å². The first kappa shape index (κ1) is 14.1. The van der Waals surface area contributed by atoms with Crippen LogP contribution in [0.3, 0.4) is 0 Å². The SMILES string of the molecule is O=C(Oc1ccc([N+](=O)[O-])cc1)c1cc2cc(Cl)ccc2o1. The van der Waals surface area contributed by atoms with Crippen LogP contribution >= 0.6 is 11.6 Å². The molecule has 0 saturated carbocycles. The number of carbonyl (C=O) groups excluding carboxylic acids is 1. The zero-order valence-electron chi connectivity index (χ0n) is 11.0. The van der Waals surface area contributed by atoms with E-state index in [2.05, 4.69) is 0 Å². The Morgan fingerprint density at radius 1 is 1.14 bits per heavy atom. The van der Waals surface area contributed by atoms with Crippen molar-refractivity contribution in [1.29, 1.82) is 0 Å². The molecular formula is C15H8ClNO5. The maximum absolute atomic E-state index is 12.0. The normalized spacial score (nSPS) is 10.6. The summed E-state index contributed by atoms with van der Waals surface area (Å²) in [7, 11) is 0. The number of benzene rings is 2. The van der Waals surface area contributed by atoms with Gasteiger partial charge in [0, 0.05) is 22.5 Å². The molecule has 0 unspecified atom stereocenters. The molecule has 0 spiro atoms. The summed E-state index contributed by atoms with van der Waals surface area (Å²) in [4.78, 5) is 22.0. The van der Waals surface area contributed by atoms with Gasteiger partial charge < -0.3 is 9.15 Å². The summed E-state index contributed by atoms with van der Waals surface area (Å²) < 4.78 is 10.5. The van der Waals surface area contributed by atoms with Crippen LogP contribution in [0, 0.1) is 10.1 Å². The number of carbonyl (C=O) groups is 1. The highest BCUT2D eigenvalue weighted by Gasteiger charge is 2.15. The van der Waals surface area contributed by atoms with Crippen molar-refractivity contribution in [3.8, 4) is 5.75 Å². The third-order valence-corrected chi connectivity index (χ3v) is 3.17. The third-order valence-electron chi connectivity index (χ3n) is 2.94. The molecular weight excluding hydrogens is 310 g/mol. The maximum Gasteiger partial charge on any atom is 0.379 e. The number of halogens is 1. The minimum absolute atomic E-state index is 0.0237. The predicted octanol–water partition coefficient (Wildman–Crippen LogP) is 4.21. The summed E-state index contributed by atoms with van der Waals surface area (Å²) in [5.74, 6) is -0.481. The second-order valence-electron chi connectivity index (χ2n) is 4.43. The average Bonchev–Trinajstić information content (AvgIpc) is 2.91. The second-order valence-corrected chi connectivity index (χ2v) is 4.87. The number of rotatable bonds is 3. The van der Waals surface area contributed by atoms with Gasteiger partial charge in [0.25, 0.3) is 5.69 Å². The van der Waals surface area contributed by atoms with E-state index in [9.17, 15) is 14.9 Å². The Morgan fingerprint density at radius 3 is 2.55 bits per heavy atom. The lowest BCUT2D eigenvalue weighted by molar-refractivity contribution is -0.384. The van der Waals surface area contributed by atoms with Gasteiger partial charge >= 0.3 is 5.97 Å². The molecule has 6 nitrogen and oxygen atoms in total. The Labute approximate surface area is 129 Å². The lowest BCUT2D eigenvalue weighted by atomic mass is 10.2. The van der Waals surface area contributed by atoms with E-state index in [1.54, 1.807) is 18.2 Å². The van der Waals surface area contributed by atoms with E-state index in [-0.39, 0.29) is 17.2 Å². The van der Waals surface area contributed by atoms with E-state index in [1.165, 1.54) is 30.3 Å². The van der Waals surface area contributed by atoms with Crippen LogP contribution in [0.4, 0.5) is 5.69 Å². The Hall–Kier alpha value is -2.86. The van der Waals surface area contributed by atoms with Gasteiger partial charge in [-0.1, -0.05) is 11.6 Å². The van der Waals surface area contributed by atoms with Gasteiger partial charge in [0.15, 0.2) is 0 Å². The maximum atomic E-state index is 12.0. The van der Waals surface area contributed by atoms with E-state index >= 15 is 0 Å². The van der Waals surface area contributed by atoms with Crippen LogP contribution in [0.15, 0.2) is 52.9 Å². The van der Waals surface area contributed by atoms with Crippen LogP contribution in [-0.4, -0.2) is 10.9 Å². The minimum Gasteiger partial charge on any atom is -0.449 e. The smallest absolute Gasteiger partial charge is 0.379 e. The molecule has 1 heterocycles. The Kier molecular flexibility index (Phi) is 3.52. The number of ether oxygens (including phenoxy) is 1. The fraction of sp³-hybridized carbons (Fsp3) is 0. The molecule has 0 radical (unpaired) electrons. The number of esters is 1. The molecule has 1 aromatic heterocycles. The van der Waals surface area contributed by atoms with Gasteiger partial charge in [-0.05, 0) is 36.4 Å². The first-order chi connectivity index (χ1) is 10.5. The van der Waals surface area contributed by atoms with Crippen molar-refractivity contribution in [3.05, 3.63) is 69.4 Å². The van der Waals surface area contributed by atoms with Crippen LogP contribution in [0.1, 0.15) is 10.6 Å². The van der Waals surface area contributed by atoms with Crippen LogP contribution in [0.5, 0.6) is 5.75 Å². The fourth-order valence-electron chi connectivity index (χ4n) is 1.91. The number of nitrogens with zero attached hydrogens (tertiary/aromatic N) is 1. The highest BCUT2D eigenvalue weighted by molar-refractivity contribution is 6.31. The van der Waals surface area contributed by atoms with Crippen LogP contribution in [0.2, 0.25) is 5.02 Å². The monoisotopic (exact) mass is 317 g/mol. The zero-order valence-corrected chi connectivity index (χ0v) is 11.7. The van der Waals surface area contributed by atoms with E-state index in [0.717, 1.165) is 0 Å². The first-order valence-corrected chi connectivity index (χ1v) is 6.56. The van der Waals surface area contributed by atoms with Crippen LogP contribution < -0.4 is 4.74 Å². The second kappa shape index (κ2) is 5.50. The molecule has 3 rings (SSSR count). The molecule has 3 aromatic rings. The van der Waals surface area contributed by atoms with Gasteiger partial charge in [0.05, 0.1) is 4.92 Å². The topological polar surface area (TPSA) is 82.6 Å². The van der Waals surface area contributed by atoms with Gasteiger partial charge in [-0.2, -0.15) is 0 Å². The summed E-state index contributed by atoms with van der Waals surface area (Å²) >= 11 is 5.86. The number of nitro groups is 1. The summed E-state index contributed by atoms with van der Waals surface area (Å²) in [5.41, 5.74) is 0.429. The Morgan fingerprint density at radius 2 is 1.86 bits per heavy atom. The van der Waals surface area contributed by atoms with Crippen molar-refractivity contribution in [2.45, 2.75) is 0 Å². The van der Waals surface area contributed by atoms with Crippen molar-refractivity contribution in [2.24, 2.45) is 0 Å². The molecule has 0 amide bonds. The van der Waals surface area contributed by atoms with Gasteiger partial charge in [0.2, 0.25) is 5.76 Å². The van der Waals surface area contributed by atoms with E-state index in [4.69, 9.17) is 20.8 Å². The number of nitro benzene ring substituents is 1. The minimum atomic E-state index is -0.693. The average molecular weight is 318 g/mol. The molecule has 2 aromatic carbocycles. The van der Waals surface area contributed by atoms with E-state index in [1.807, 2.05) is 0 Å². The van der Waals surface area contributed by atoms with Gasteiger partial charge in [-0.15, -0.1) is 0 Å². The molecule has 22 heavy (non-hydrogen) atoms. The summed E-state index contributed by atoms with van der Waals surface area (Å²) in [5, 5.41) is 11.8. The summed E-state index contributed by atoms with van der Waals surface area (Å²) in [6.45, 7) is 0. The van der Waals surface area contributed by atoms with Crippen molar-refractivity contribution < 1.29 is 18.9 Å². The highest BCUT2D eigenvalue weighted by Crippen LogP contribution is 2.24. The Balaban J connectivity index is 1.81. The molecule has 110 valence electrons. The molecule has 0 atom stereocenters. The van der Waals surface area contributed by atoms with Crippen LogP contribution in [0.25, 0.3) is 11.0 Å².